The minimum atomic E-state index is -0.193. The SMILES string of the molecule is CC/C(=N/NC(C)=O)c1ccc(OC)c(OC)c1. The Bertz CT molecular complexity index is 456. The van der Waals surface area contributed by atoms with Gasteiger partial charge in [-0.25, -0.2) is 5.43 Å². The lowest BCUT2D eigenvalue weighted by atomic mass is 10.1. The molecular formula is C13H18N2O3. The number of nitrogens with zero attached hydrogens (tertiary/aromatic N) is 1. The number of benzene rings is 1. The first-order valence-electron chi connectivity index (χ1n) is 5.67. The van der Waals surface area contributed by atoms with Crippen molar-refractivity contribution in [3.8, 4) is 11.5 Å². The third-order valence-corrected chi connectivity index (χ3v) is 2.40. The number of hydrazone groups is 1. The third-order valence-electron chi connectivity index (χ3n) is 2.40. The van der Waals surface area contributed by atoms with Crippen molar-refractivity contribution in [2.24, 2.45) is 5.10 Å². The zero-order chi connectivity index (χ0) is 13.5. The van der Waals surface area contributed by atoms with Gasteiger partial charge >= 0.3 is 0 Å². The molecule has 0 saturated carbocycles. The number of hydrogen-bond acceptors (Lipinski definition) is 4. The second-order valence-corrected chi connectivity index (χ2v) is 3.65. The molecule has 1 amide bonds. The minimum Gasteiger partial charge on any atom is -0.493 e. The van der Waals surface area contributed by atoms with Gasteiger partial charge in [-0.05, 0) is 24.6 Å². The summed E-state index contributed by atoms with van der Waals surface area (Å²) in [5, 5.41) is 4.06. The van der Waals surface area contributed by atoms with E-state index in [0.29, 0.717) is 17.9 Å². The predicted molar refractivity (Wildman–Crippen MR) is 70.2 cm³/mol. The van der Waals surface area contributed by atoms with Crippen molar-refractivity contribution in [1.29, 1.82) is 0 Å². The Hall–Kier alpha value is -2.04. The molecule has 0 bridgehead atoms. The zero-order valence-electron chi connectivity index (χ0n) is 11.1. The predicted octanol–water partition coefficient (Wildman–Crippen LogP) is 1.95. The molecule has 0 aliphatic carbocycles. The topological polar surface area (TPSA) is 59.9 Å². The molecule has 1 N–H and O–H groups in total. The fraction of sp³-hybridized carbons (Fsp3) is 0.385. The van der Waals surface area contributed by atoms with Gasteiger partial charge in [0.05, 0.1) is 19.9 Å². The van der Waals surface area contributed by atoms with E-state index < -0.39 is 0 Å². The van der Waals surface area contributed by atoms with Crippen molar-refractivity contribution in [1.82, 2.24) is 5.43 Å². The number of hydrogen-bond donors (Lipinski definition) is 1. The van der Waals surface area contributed by atoms with Gasteiger partial charge in [0, 0.05) is 12.5 Å². The lowest BCUT2D eigenvalue weighted by Gasteiger charge is -2.10. The Labute approximate surface area is 107 Å². The van der Waals surface area contributed by atoms with E-state index in [-0.39, 0.29) is 5.91 Å². The molecule has 1 aromatic rings. The van der Waals surface area contributed by atoms with Crippen LogP contribution in [0.5, 0.6) is 11.5 Å². The maximum atomic E-state index is 10.9. The van der Waals surface area contributed by atoms with Crippen LogP contribution in [0.3, 0.4) is 0 Å². The van der Waals surface area contributed by atoms with Crippen LogP contribution in [0.2, 0.25) is 0 Å². The highest BCUT2D eigenvalue weighted by Gasteiger charge is 2.08. The van der Waals surface area contributed by atoms with Crippen LogP contribution in [-0.2, 0) is 4.79 Å². The Morgan fingerprint density at radius 3 is 2.44 bits per heavy atom. The molecule has 0 unspecified atom stereocenters. The number of carbonyl (C=O) groups is 1. The van der Waals surface area contributed by atoms with E-state index in [1.807, 2.05) is 25.1 Å². The summed E-state index contributed by atoms with van der Waals surface area (Å²) in [4.78, 5) is 10.9. The highest BCUT2D eigenvalue weighted by atomic mass is 16.5. The van der Waals surface area contributed by atoms with E-state index in [2.05, 4.69) is 10.5 Å². The summed E-state index contributed by atoms with van der Waals surface area (Å²) in [6.45, 7) is 3.39. The highest BCUT2D eigenvalue weighted by molar-refractivity contribution is 6.01. The normalized spacial score (nSPS) is 11.0. The largest absolute Gasteiger partial charge is 0.493 e. The first-order valence-corrected chi connectivity index (χ1v) is 5.67. The molecule has 0 saturated heterocycles. The quantitative estimate of drug-likeness (QED) is 0.642. The zero-order valence-corrected chi connectivity index (χ0v) is 11.1. The van der Waals surface area contributed by atoms with Gasteiger partial charge in [0.25, 0.3) is 0 Å². The summed E-state index contributed by atoms with van der Waals surface area (Å²) in [6.07, 6.45) is 0.704. The number of rotatable bonds is 5. The highest BCUT2D eigenvalue weighted by Crippen LogP contribution is 2.28. The van der Waals surface area contributed by atoms with Crippen molar-refractivity contribution in [3.05, 3.63) is 23.8 Å². The van der Waals surface area contributed by atoms with Crippen molar-refractivity contribution in [2.45, 2.75) is 20.3 Å². The van der Waals surface area contributed by atoms with Gasteiger partial charge in [0.15, 0.2) is 11.5 Å². The third kappa shape index (κ3) is 3.48. The minimum absolute atomic E-state index is 0.193. The van der Waals surface area contributed by atoms with Crippen LogP contribution in [0.1, 0.15) is 25.8 Å². The molecule has 0 fully saturated rings. The van der Waals surface area contributed by atoms with Crippen molar-refractivity contribution >= 4 is 11.6 Å². The molecule has 5 nitrogen and oxygen atoms in total. The lowest BCUT2D eigenvalue weighted by molar-refractivity contribution is -0.118. The summed E-state index contributed by atoms with van der Waals surface area (Å²) in [6, 6.07) is 5.53. The average Bonchev–Trinajstić information content (AvgIpc) is 2.38. The lowest BCUT2D eigenvalue weighted by Crippen LogP contribution is -2.16. The number of nitrogens with one attached hydrogen (secondary N) is 1. The molecule has 98 valence electrons. The molecule has 0 atom stereocenters. The molecule has 1 rings (SSSR count). The van der Waals surface area contributed by atoms with Crippen molar-refractivity contribution < 1.29 is 14.3 Å². The molecule has 0 radical (unpaired) electrons. The van der Waals surface area contributed by atoms with Gasteiger partial charge in [-0.1, -0.05) is 6.92 Å². The second-order valence-electron chi connectivity index (χ2n) is 3.65. The Morgan fingerprint density at radius 1 is 1.28 bits per heavy atom. The Kier molecular flexibility index (Phi) is 5.17. The van der Waals surface area contributed by atoms with Crippen LogP contribution >= 0.6 is 0 Å². The monoisotopic (exact) mass is 250 g/mol. The number of amides is 1. The average molecular weight is 250 g/mol. The summed E-state index contributed by atoms with van der Waals surface area (Å²) in [5.41, 5.74) is 4.11. The number of carbonyl (C=O) groups excluding carboxylic acids is 1. The van der Waals surface area contributed by atoms with Gasteiger partial charge in [-0.2, -0.15) is 5.10 Å². The van der Waals surface area contributed by atoms with Crippen LogP contribution in [0.4, 0.5) is 0 Å². The fourth-order valence-electron chi connectivity index (χ4n) is 1.51. The first kappa shape index (κ1) is 14.0. The van der Waals surface area contributed by atoms with E-state index in [9.17, 15) is 4.79 Å². The first-order chi connectivity index (χ1) is 8.62. The van der Waals surface area contributed by atoms with E-state index >= 15 is 0 Å². The standard InChI is InChI=1S/C13H18N2O3/c1-5-11(15-14-9(2)16)10-6-7-12(17-3)13(8-10)18-4/h6-8H,5H2,1-4H3,(H,14,16)/b15-11-. The molecule has 0 aromatic heterocycles. The summed E-state index contributed by atoms with van der Waals surface area (Å²) in [7, 11) is 3.17. The summed E-state index contributed by atoms with van der Waals surface area (Å²) < 4.78 is 10.4. The molecule has 0 heterocycles. The molecular weight excluding hydrogens is 232 g/mol. The van der Waals surface area contributed by atoms with E-state index in [1.165, 1.54) is 6.92 Å². The summed E-state index contributed by atoms with van der Waals surface area (Å²) >= 11 is 0. The van der Waals surface area contributed by atoms with Crippen LogP contribution < -0.4 is 14.9 Å². The maximum Gasteiger partial charge on any atom is 0.236 e. The van der Waals surface area contributed by atoms with Crippen LogP contribution in [0, 0.1) is 0 Å². The van der Waals surface area contributed by atoms with E-state index in [1.54, 1.807) is 14.2 Å². The number of ether oxygens (including phenoxy) is 2. The molecule has 5 heteroatoms. The Balaban J connectivity index is 3.07. The molecule has 0 aliphatic rings. The molecule has 1 aromatic carbocycles. The van der Waals surface area contributed by atoms with Gasteiger partial charge in [0.1, 0.15) is 0 Å². The fourth-order valence-corrected chi connectivity index (χ4v) is 1.51. The molecule has 18 heavy (non-hydrogen) atoms. The van der Waals surface area contributed by atoms with Gasteiger partial charge in [0.2, 0.25) is 5.91 Å². The van der Waals surface area contributed by atoms with E-state index in [4.69, 9.17) is 9.47 Å². The smallest absolute Gasteiger partial charge is 0.236 e. The van der Waals surface area contributed by atoms with Crippen LogP contribution in [-0.4, -0.2) is 25.8 Å². The second kappa shape index (κ2) is 6.64. The van der Waals surface area contributed by atoms with Crippen molar-refractivity contribution in [2.75, 3.05) is 14.2 Å². The van der Waals surface area contributed by atoms with Gasteiger partial charge in [-0.3, -0.25) is 4.79 Å². The Morgan fingerprint density at radius 2 is 1.94 bits per heavy atom. The molecule has 0 aliphatic heterocycles. The van der Waals surface area contributed by atoms with Crippen LogP contribution in [0.15, 0.2) is 23.3 Å². The maximum absolute atomic E-state index is 10.9. The molecule has 0 spiro atoms. The van der Waals surface area contributed by atoms with E-state index in [0.717, 1.165) is 11.3 Å². The summed E-state index contributed by atoms with van der Waals surface area (Å²) in [5.74, 6) is 1.11. The van der Waals surface area contributed by atoms with Crippen molar-refractivity contribution in [3.63, 3.8) is 0 Å². The number of methoxy groups -OCH3 is 2. The van der Waals surface area contributed by atoms with Gasteiger partial charge in [-0.15, -0.1) is 0 Å². The van der Waals surface area contributed by atoms with Gasteiger partial charge < -0.3 is 9.47 Å². The van der Waals surface area contributed by atoms with Crippen LogP contribution in [0.25, 0.3) is 0 Å².